The first-order valence-corrected chi connectivity index (χ1v) is 8.01. The number of halogens is 2. The molecule has 0 aliphatic carbocycles. The van der Waals surface area contributed by atoms with E-state index in [0.29, 0.717) is 26.5 Å². The summed E-state index contributed by atoms with van der Waals surface area (Å²) in [6, 6.07) is 12.1. The minimum Gasteiger partial charge on any atom is -0.507 e. The standard InChI is InChI=1S/C15H13Cl2N3OS/c16-12-6-5-11(13(17)7-12)9-22-15(18)20-19-8-10-3-1-2-4-14(10)21/h1-8,21H,9H2,(H2,18,20)/b19-8+. The number of aromatic hydroxyl groups is 1. The lowest BCUT2D eigenvalue weighted by Crippen LogP contribution is -2.06. The van der Waals surface area contributed by atoms with Crippen LogP contribution in [0.1, 0.15) is 11.1 Å². The summed E-state index contributed by atoms with van der Waals surface area (Å²) in [4.78, 5) is 0. The van der Waals surface area contributed by atoms with Gasteiger partial charge in [0.15, 0.2) is 5.17 Å². The Kier molecular flexibility index (Phi) is 6.12. The number of phenols is 1. The van der Waals surface area contributed by atoms with Crippen LogP contribution in [0.3, 0.4) is 0 Å². The van der Waals surface area contributed by atoms with Gasteiger partial charge < -0.3 is 10.8 Å². The van der Waals surface area contributed by atoms with Gasteiger partial charge in [-0.05, 0) is 29.8 Å². The fourth-order valence-corrected chi connectivity index (χ4v) is 2.78. The Bertz CT molecular complexity index is 720. The van der Waals surface area contributed by atoms with Crippen molar-refractivity contribution >= 4 is 46.3 Å². The van der Waals surface area contributed by atoms with Gasteiger partial charge in [0.25, 0.3) is 0 Å². The third-order valence-corrected chi connectivity index (χ3v) is 4.10. The van der Waals surface area contributed by atoms with Gasteiger partial charge in [0.05, 0.1) is 6.21 Å². The van der Waals surface area contributed by atoms with Crippen LogP contribution < -0.4 is 5.73 Å². The largest absolute Gasteiger partial charge is 0.507 e. The van der Waals surface area contributed by atoms with Crippen LogP contribution in [0.4, 0.5) is 0 Å². The molecule has 22 heavy (non-hydrogen) atoms. The third kappa shape index (κ3) is 4.94. The zero-order chi connectivity index (χ0) is 15.9. The number of thioether (sulfide) groups is 1. The van der Waals surface area contributed by atoms with Crippen molar-refractivity contribution in [2.45, 2.75) is 5.75 Å². The summed E-state index contributed by atoms with van der Waals surface area (Å²) in [7, 11) is 0. The van der Waals surface area contributed by atoms with Gasteiger partial charge >= 0.3 is 0 Å². The third-order valence-electron chi connectivity index (χ3n) is 2.68. The van der Waals surface area contributed by atoms with Crippen molar-refractivity contribution in [3.8, 4) is 5.75 Å². The molecule has 2 rings (SSSR count). The molecule has 0 aliphatic rings. The van der Waals surface area contributed by atoms with Gasteiger partial charge in [-0.3, -0.25) is 0 Å². The molecule has 0 amide bonds. The van der Waals surface area contributed by atoms with Gasteiger partial charge in [-0.2, -0.15) is 5.10 Å². The Morgan fingerprint density at radius 2 is 2.00 bits per heavy atom. The van der Waals surface area contributed by atoms with Crippen LogP contribution in [0.25, 0.3) is 0 Å². The molecule has 0 fully saturated rings. The minimum absolute atomic E-state index is 0.139. The molecule has 2 aromatic rings. The summed E-state index contributed by atoms with van der Waals surface area (Å²) in [5.74, 6) is 0.706. The molecule has 0 atom stereocenters. The Labute approximate surface area is 142 Å². The summed E-state index contributed by atoms with van der Waals surface area (Å²) in [6.07, 6.45) is 1.44. The van der Waals surface area contributed by atoms with Crippen molar-refractivity contribution in [2.24, 2.45) is 15.9 Å². The van der Waals surface area contributed by atoms with Crippen LogP contribution >= 0.6 is 35.0 Å². The first-order valence-electron chi connectivity index (χ1n) is 6.27. The summed E-state index contributed by atoms with van der Waals surface area (Å²) < 4.78 is 0. The summed E-state index contributed by atoms with van der Waals surface area (Å²) >= 11 is 13.2. The lowest BCUT2D eigenvalue weighted by Gasteiger charge is -2.03. The number of benzene rings is 2. The Balaban J connectivity index is 1.94. The van der Waals surface area contributed by atoms with Gasteiger partial charge in [0.2, 0.25) is 0 Å². The first-order chi connectivity index (χ1) is 10.6. The average molecular weight is 354 g/mol. The highest BCUT2D eigenvalue weighted by Crippen LogP contribution is 2.24. The molecule has 0 saturated carbocycles. The number of nitrogens with two attached hydrogens (primary N) is 1. The van der Waals surface area contributed by atoms with Crippen LogP contribution in [0.15, 0.2) is 52.7 Å². The van der Waals surface area contributed by atoms with Gasteiger partial charge in [-0.1, -0.05) is 53.2 Å². The Hall–Kier alpha value is -1.69. The Morgan fingerprint density at radius 3 is 2.73 bits per heavy atom. The summed E-state index contributed by atoms with van der Waals surface area (Å²) in [5, 5.41) is 18.8. The lowest BCUT2D eigenvalue weighted by molar-refractivity contribution is 0.474. The molecule has 0 aliphatic heterocycles. The van der Waals surface area contributed by atoms with E-state index in [-0.39, 0.29) is 5.75 Å². The predicted molar refractivity (Wildman–Crippen MR) is 95.1 cm³/mol. The van der Waals surface area contributed by atoms with Crippen molar-refractivity contribution in [3.63, 3.8) is 0 Å². The first kappa shape index (κ1) is 16.7. The van der Waals surface area contributed by atoms with E-state index < -0.39 is 0 Å². The minimum atomic E-state index is 0.139. The molecule has 0 spiro atoms. The fourth-order valence-electron chi connectivity index (χ4n) is 1.56. The van der Waals surface area contributed by atoms with Gasteiger partial charge in [0.1, 0.15) is 5.75 Å². The molecule has 0 radical (unpaired) electrons. The Morgan fingerprint density at radius 1 is 1.23 bits per heavy atom. The van der Waals surface area contributed by atoms with E-state index in [1.54, 1.807) is 36.4 Å². The molecule has 0 bridgehead atoms. The topological polar surface area (TPSA) is 71.0 Å². The monoisotopic (exact) mass is 353 g/mol. The summed E-state index contributed by atoms with van der Waals surface area (Å²) in [5.41, 5.74) is 7.26. The van der Waals surface area contributed by atoms with E-state index in [9.17, 15) is 5.11 Å². The maximum Gasteiger partial charge on any atom is 0.180 e. The molecule has 2 aromatic carbocycles. The van der Waals surface area contributed by atoms with Crippen molar-refractivity contribution < 1.29 is 5.11 Å². The predicted octanol–water partition coefficient (Wildman–Crippen LogP) is 4.28. The molecule has 0 heterocycles. The molecule has 114 valence electrons. The van der Waals surface area contributed by atoms with Crippen molar-refractivity contribution in [1.82, 2.24) is 0 Å². The maximum atomic E-state index is 9.58. The van der Waals surface area contributed by atoms with Crippen LogP contribution in [0, 0.1) is 0 Å². The van der Waals surface area contributed by atoms with Gasteiger partial charge in [0, 0.05) is 21.4 Å². The van der Waals surface area contributed by atoms with Gasteiger partial charge in [-0.15, -0.1) is 5.10 Å². The molecular formula is C15H13Cl2N3OS. The van der Waals surface area contributed by atoms with Crippen molar-refractivity contribution in [2.75, 3.05) is 0 Å². The number of phenolic OH excluding ortho intramolecular Hbond substituents is 1. The fraction of sp³-hybridized carbons (Fsp3) is 0.0667. The van der Waals surface area contributed by atoms with Crippen molar-refractivity contribution in [3.05, 3.63) is 63.6 Å². The summed E-state index contributed by atoms with van der Waals surface area (Å²) in [6.45, 7) is 0. The van der Waals surface area contributed by atoms with Gasteiger partial charge in [-0.25, -0.2) is 0 Å². The SMILES string of the molecule is NC(=N/N=C/c1ccccc1O)SCc1ccc(Cl)cc1Cl. The molecule has 0 saturated heterocycles. The van der Waals surface area contributed by atoms with Crippen LogP contribution in [-0.4, -0.2) is 16.5 Å². The number of para-hydroxylation sites is 1. The second-order valence-electron chi connectivity index (χ2n) is 4.27. The van der Waals surface area contributed by atoms with E-state index in [1.807, 2.05) is 6.07 Å². The zero-order valence-corrected chi connectivity index (χ0v) is 13.7. The molecule has 7 heteroatoms. The molecular weight excluding hydrogens is 341 g/mol. The van der Waals surface area contributed by atoms with E-state index in [4.69, 9.17) is 28.9 Å². The number of hydrogen-bond acceptors (Lipinski definition) is 4. The van der Waals surface area contributed by atoms with Crippen LogP contribution in [-0.2, 0) is 5.75 Å². The van der Waals surface area contributed by atoms with E-state index in [1.165, 1.54) is 18.0 Å². The number of rotatable bonds is 4. The van der Waals surface area contributed by atoms with Crippen LogP contribution in [0.5, 0.6) is 5.75 Å². The second kappa shape index (κ2) is 8.08. The maximum absolute atomic E-state index is 9.58. The second-order valence-corrected chi connectivity index (χ2v) is 6.11. The lowest BCUT2D eigenvalue weighted by atomic mass is 10.2. The smallest absolute Gasteiger partial charge is 0.180 e. The number of nitrogens with zero attached hydrogens (tertiary/aromatic N) is 2. The molecule has 0 unspecified atom stereocenters. The van der Waals surface area contributed by atoms with E-state index in [0.717, 1.165) is 5.56 Å². The van der Waals surface area contributed by atoms with E-state index in [2.05, 4.69) is 10.2 Å². The molecule has 3 N–H and O–H groups in total. The highest BCUT2D eigenvalue weighted by Gasteiger charge is 2.03. The highest BCUT2D eigenvalue weighted by molar-refractivity contribution is 8.13. The highest BCUT2D eigenvalue weighted by atomic mass is 35.5. The van der Waals surface area contributed by atoms with E-state index >= 15 is 0 Å². The number of hydrogen-bond donors (Lipinski definition) is 2. The quantitative estimate of drug-likeness (QED) is 0.489. The van der Waals surface area contributed by atoms with Crippen molar-refractivity contribution in [1.29, 1.82) is 0 Å². The molecule has 4 nitrogen and oxygen atoms in total. The average Bonchev–Trinajstić information content (AvgIpc) is 2.48. The zero-order valence-electron chi connectivity index (χ0n) is 11.4. The normalized spacial score (nSPS) is 12.0. The van der Waals surface area contributed by atoms with Crippen LogP contribution in [0.2, 0.25) is 10.0 Å². The molecule has 0 aromatic heterocycles. The number of amidine groups is 1.